The number of nitro groups is 1. The molecule has 0 unspecified atom stereocenters. The van der Waals surface area contributed by atoms with Crippen LogP contribution in [0.5, 0.6) is 0 Å². The van der Waals surface area contributed by atoms with Crippen molar-refractivity contribution in [2.24, 2.45) is 0 Å². The maximum absolute atomic E-state index is 11.0. The smallest absolute Gasteiger partial charge is 0.274 e. The van der Waals surface area contributed by atoms with Crippen molar-refractivity contribution < 1.29 is 9.66 Å². The Labute approximate surface area is 123 Å². The monoisotopic (exact) mass is 286 g/mol. The Morgan fingerprint density at radius 1 is 1.10 bits per heavy atom. The molecule has 0 aromatic heterocycles. The molecule has 5 heteroatoms. The van der Waals surface area contributed by atoms with Crippen molar-refractivity contribution in [1.82, 2.24) is 0 Å². The van der Waals surface area contributed by atoms with Gasteiger partial charge in [0.15, 0.2) is 0 Å². The molecule has 2 rings (SSSR count). The second-order valence-electron chi connectivity index (χ2n) is 4.64. The normalized spacial score (nSPS) is 10.3. The number of nitrogens with one attached hydrogen (secondary N) is 1. The SMILES string of the molecule is COCCc1ccccc1NCc1ccccc1[N+](=O)[O-]. The minimum atomic E-state index is -0.353. The van der Waals surface area contributed by atoms with Crippen LogP contribution in [-0.4, -0.2) is 18.6 Å². The maximum Gasteiger partial charge on any atom is 0.274 e. The van der Waals surface area contributed by atoms with Crippen LogP contribution in [0.3, 0.4) is 0 Å². The molecule has 0 atom stereocenters. The van der Waals surface area contributed by atoms with E-state index in [1.165, 1.54) is 6.07 Å². The molecule has 2 aromatic carbocycles. The quantitative estimate of drug-likeness (QED) is 0.626. The van der Waals surface area contributed by atoms with E-state index >= 15 is 0 Å². The van der Waals surface area contributed by atoms with Crippen LogP contribution < -0.4 is 5.32 Å². The number of para-hydroxylation sites is 2. The van der Waals surface area contributed by atoms with Crippen molar-refractivity contribution in [3.8, 4) is 0 Å². The summed E-state index contributed by atoms with van der Waals surface area (Å²) in [5.41, 5.74) is 2.93. The highest BCUT2D eigenvalue weighted by Gasteiger charge is 2.12. The first-order chi connectivity index (χ1) is 10.2. The van der Waals surface area contributed by atoms with E-state index < -0.39 is 0 Å². The summed E-state index contributed by atoms with van der Waals surface area (Å²) in [6.45, 7) is 1.06. The molecule has 1 N–H and O–H groups in total. The lowest BCUT2D eigenvalue weighted by Crippen LogP contribution is -2.06. The second kappa shape index (κ2) is 7.40. The Morgan fingerprint density at radius 2 is 1.76 bits per heavy atom. The van der Waals surface area contributed by atoms with Gasteiger partial charge in [0, 0.05) is 31.0 Å². The van der Waals surface area contributed by atoms with Crippen LogP contribution in [0, 0.1) is 10.1 Å². The highest BCUT2D eigenvalue weighted by Crippen LogP contribution is 2.21. The van der Waals surface area contributed by atoms with E-state index in [0.717, 1.165) is 17.7 Å². The predicted octanol–water partition coefficient (Wildman–Crippen LogP) is 3.40. The third-order valence-corrected chi connectivity index (χ3v) is 3.25. The number of nitro benzene ring substituents is 1. The highest BCUT2D eigenvalue weighted by molar-refractivity contribution is 5.52. The summed E-state index contributed by atoms with van der Waals surface area (Å²) in [5.74, 6) is 0. The van der Waals surface area contributed by atoms with Gasteiger partial charge in [0.25, 0.3) is 5.69 Å². The Morgan fingerprint density at radius 3 is 2.48 bits per heavy atom. The van der Waals surface area contributed by atoms with Crippen LogP contribution in [0.4, 0.5) is 11.4 Å². The molecule has 0 fully saturated rings. The molecule has 0 saturated heterocycles. The van der Waals surface area contributed by atoms with E-state index in [-0.39, 0.29) is 10.6 Å². The lowest BCUT2D eigenvalue weighted by molar-refractivity contribution is -0.385. The van der Waals surface area contributed by atoms with Crippen molar-refractivity contribution >= 4 is 11.4 Å². The van der Waals surface area contributed by atoms with E-state index in [1.54, 1.807) is 25.3 Å². The van der Waals surface area contributed by atoms with Crippen LogP contribution in [-0.2, 0) is 17.7 Å². The number of hydrogen-bond acceptors (Lipinski definition) is 4. The third-order valence-electron chi connectivity index (χ3n) is 3.25. The number of anilines is 1. The molecule has 0 radical (unpaired) electrons. The first-order valence-corrected chi connectivity index (χ1v) is 6.75. The first-order valence-electron chi connectivity index (χ1n) is 6.75. The summed E-state index contributed by atoms with van der Waals surface area (Å²) < 4.78 is 5.10. The van der Waals surface area contributed by atoms with Gasteiger partial charge in [-0.3, -0.25) is 10.1 Å². The zero-order chi connectivity index (χ0) is 15.1. The van der Waals surface area contributed by atoms with E-state index in [0.29, 0.717) is 18.7 Å². The summed E-state index contributed by atoms with van der Waals surface area (Å²) in [6.07, 6.45) is 0.802. The van der Waals surface area contributed by atoms with Crippen molar-refractivity contribution in [1.29, 1.82) is 0 Å². The van der Waals surface area contributed by atoms with E-state index in [9.17, 15) is 10.1 Å². The van der Waals surface area contributed by atoms with Crippen LogP contribution in [0.15, 0.2) is 48.5 Å². The van der Waals surface area contributed by atoms with Gasteiger partial charge >= 0.3 is 0 Å². The van der Waals surface area contributed by atoms with Crippen molar-refractivity contribution in [2.45, 2.75) is 13.0 Å². The molecular formula is C16H18N2O3. The zero-order valence-electron chi connectivity index (χ0n) is 11.9. The fourth-order valence-electron chi connectivity index (χ4n) is 2.15. The van der Waals surface area contributed by atoms with Gasteiger partial charge in [-0.25, -0.2) is 0 Å². The van der Waals surface area contributed by atoms with Crippen molar-refractivity contribution in [2.75, 3.05) is 19.0 Å². The number of nitrogens with zero attached hydrogens (tertiary/aromatic N) is 1. The Kier molecular flexibility index (Phi) is 5.29. The van der Waals surface area contributed by atoms with Crippen molar-refractivity contribution in [3.63, 3.8) is 0 Å². The van der Waals surface area contributed by atoms with Crippen molar-refractivity contribution in [3.05, 3.63) is 69.8 Å². The Hall–Kier alpha value is -2.40. The second-order valence-corrected chi connectivity index (χ2v) is 4.64. The van der Waals surface area contributed by atoms with Crippen LogP contribution >= 0.6 is 0 Å². The number of benzene rings is 2. The molecule has 2 aromatic rings. The van der Waals surface area contributed by atoms with Crippen LogP contribution in [0.25, 0.3) is 0 Å². The average Bonchev–Trinajstić information content (AvgIpc) is 2.52. The van der Waals surface area contributed by atoms with Gasteiger partial charge < -0.3 is 10.1 Å². The summed E-state index contributed by atoms with van der Waals surface area (Å²) >= 11 is 0. The lowest BCUT2D eigenvalue weighted by atomic mass is 10.1. The standard InChI is InChI=1S/C16H18N2O3/c1-21-11-10-13-6-2-4-8-15(13)17-12-14-7-3-5-9-16(14)18(19)20/h2-9,17H,10-12H2,1H3. The van der Waals surface area contributed by atoms with Crippen LogP contribution in [0.2, 0.25) is 0 Å². The predicted molar refractivity (Wildman–Crippen MR) is 82.4 cm³/mol. The van der Waals surface area contributed by atoms with Gasteiger partial charge in [-0.2, -0.15) is 0 Å². The fraction of sp³-hybridized carbons (Fsp3) is 0.250. The maximum atomic E-state index is 11.0. The fourth-order valence-corrected chi connectivity index (χ4v) is 2.15. The van der Waals surface area contributed by atoms with Gasteiger partial charge in [0.05, 0.1) is 11.5 Å². The Bertz CT molecular complexity index is 614. The van der Waals surface area contributed by atoms with E-state index in [1.807, 2.05) is 24.3 Å². The largest absolute Gasteiger partial charge is 0.384 e. The molecular weight excluding hydrogens is 268 g/mol. The van der Waals surface area contributed by atoms with E-state index in [4.69, 9.17) is 4.74 Å². The Balaban J connectivity index is 2.12. The van der Waals surface area contributed by atoms with Gasteiger partial charge in [-0.15, -0.1) is 0 Å². The zero-order valence-corrected chi connectivity index (χ0v) is 11.9. The minimum Gasteiger partial charge on any atom is -0.384 e. The molecule has 0 aliphatic heterocycles. The summed E-state index contributed by atoms with van der Waals surface area (Å²) in [6, 6.07) is 14.7. The molecule has 0 bridgehead atoms. The summed E-state index contributed by atoms with van der Waals surface area (Å²) in [5, 5.41) is 14.3. The third kappa shape index (κ3) is 4.03. The summed E-state index contributed by atoms with van der Waals surface area (Å²) in [7, 11) is 1.67. The molecule has 0 spiro atoms. The molecule has 110 valence electrons. The van der Waals surface area contributed by atoms with Gasteiger partial charge in [-0.05, 0) is 18.1 Å². The van der Waals surface area contributed by atoms with E-state index in [2.05, 4.69) is 5.32 Å². The molecule has 0 aliphatic rings. The number of methoxy groups -OCH3 is 1. The van der Waals surface area contributed by atoms with Crippen LogP contribution in [0.1, 0.15) is 11.1 Å². The van der Waals surface area contributed by atoms with Gasteiger partial charge in [-0.1, -0.05) is 36.4 Å². The van der Waals surface area contributed by atoms with Gasteiger partial charge in [0.2, 0.25) is 0 Å². The van der Waals surface area contributed by atoms with Gasteiger partial charge in [0.1, 0.15) is 0 Å². The molecule has 21 heavy (non-hydrogen) atoms. The topological polar surface area (TPSA) is 64.4 Å². The highest BCUT2D eigenvalue weighted by atomic mass is 16.6. The number of rotatable bonds is 7. The number of hydrogen-bond donors (Lipinski definition) is 1. The first kappa shape index (κ1) is 15.0. The average molecular weight is 286 g/mol. The molecule has 0 amide bonds. The molecule has 0 saturated carbocycles. The molecule has 0 aliphatic carbocycles. The summed E-state index contributed by atoms with van der Waals surface area (Å²) in [4.78, 5) is 10.6. The molecule has 0 heterocycles. The number of ether oxygens (including phenoxy) is 1. The molecule has 5 nitrogen and oxygen atoms in total. The lowest BCUT2D eigenvalue weighted by Gasteiger charge is -2.12. The minimum absolute atomic E-state index is 0.138.